The molecule has 1 N–H and O–H groups in total. The van der Waals surface area contributed by atoms with Crippen LogP contribution in [0.25, 0.3) is 5.57 Å². The number of aromatic nitrogens is 1. The Labute approximate surface area is 193 Å². The molecule has 0 unspecified atom stereocenters. The van der Waals surface area contributed by atoms with E-state index in [-0.39, 0.29) is 17.8 Å². The monoisotopic (exact) mass is 467 g/mol. The number of alkyl halides is 3. The van der Waals surface area contributed by atoms with Crippen molar-refractivity contribution in [3.63, 3.8) is 0 Å². The minimum atomic E-state index is -4.81. The fourth-order valence-corrected chi connectivity index (χ4v) is 3.54. The highest BCUT2D eigenvalue weighted by atomic mass is 19.4. The second-order valence-electron chi connectivity index (χ2n) is 7.76. The van der Waals surface area contributed by atoms with Crippen molar-refractivity contribution in [2.45, 2.75) is 26.8 Å². The molecule has 0 spiro atoms. The third kappa shape index (κ3) is 4.93. The van der Waals surface area contributed by atoms with Crippen molar-refractivity contribution in [1.29, 1.82) is 0 Å². The normalized spacial score (nSPS) is 14.1. The minimum absolute atomic E-state index is 0.0175. The highest BCUT2D eigenvalue weighted by molar-refractivity contribution is 6.36. The molecule has 0 saturated heterocycles. The standard InChI is InChI=1S/C25H20F3N3O3/c1-15-6-7-17(13-16(15)2)21-22(30-18-8-10-20(11-9-18)34-25(26,27)28)24(33)31(23(21)32)14-19-5-3-4-12-29-19/h3-13,30H,14H2,1-2H3. The van der Waals surface area contributed by atoms with Crippen molar-refractivity contribution in [1.82, 2.24) is 9.88 Å². The van der Waals surface area contributed by atoms with Crippen molar-refractivity contribution >= 4 is 23.1 Å². The third-order valence-electron chi connectivity index (χ3n) is 5.37. The molecule has 34 heavy (non-hydrogen) atoms. The lowest BCUT2D eigenvalue weighted by Crippen LogP contribution is -2.32. The zero-order valence-corrected chi connectivity index (χ0v) is 18.3. The Balaban J connectivity index is 1.70. The number of pyridine rings is 1. The summed E-state index contributed by atoms with van der Waals surface area (Å²) >= 11 is 0. The maximum Gasteiger partial charge on any atom is 0.573 e. The highest BCUT2D eigenvalue weighted by Gasteiger charge is 2.39. The van der Waals surface area contributed by atoms with Gasteiger partial charge in [0.05, 0.1) is 17.8 Å². The number of nitrogens with zero attached hydrogens (tertiary/aromatic N) is 2. The third-order valence-corrected chi connectivity index (χ3v) is 5.37. The number of imide groups is 1. The zero-order valence-electron chi connectivity index (χ0n) is 18.3. The van der Waals surface area contributed by atoms with Crippen LogP contribution in [-0.2, 0) is 16.1 Å². The Morgan fingerprint density at radius 2 is 1.68 bits per heavy atom. The average molecular weight is 467 g/mol. The van der Waals surface area contributed by atoms with Crippen LogP contribution in [0.2, 0.25) is 0 Å². The molecule has 3 aromatic rings. The number of nitrogens with one attached hydrogen (secondary N) is 1. The van der Waals surface area contributed by atoms with Crippen LogP contribution in [0, 0.1) is 13.8 Å². The summed E-state index contributed by atoms with van der Waals surface area (Å²) in [5.74, 6) is -1.44. The van der Waals surface area contributed by atoms with Gasteiger partial charge in [0.2, 0.25) is 0 Å². The number of halogens is 3. The smallest absolute Gasteiger partial charge is 0.406 e. The molecule has 0 bridgehead atoms. The van der Waals surface area contributed by atoms with Gasteiger partial charge in [-0.3, -0.25) is 19.5 Å². The van der Waals surface area contributed by atoms with Crippen LogP contribution < -0.4 is 10.1 Å². The molecule has 2 aromatic carbocycles. The molecular formula is C25H20F3N3O3. The first-order valence-corrected chi connectivity index (χ1v) is 10.3. The van der Waals surface area contributed by atoms with Crippen molar-refractivity contribution in [2.75, 3.05) is 5.32 Å². The molecule has 0 radical (unpaired) electrons. The van der Waals surface area contributed by atoms with Gasteiger partial charge < -0.3 is 10.1 Å². The number of amides is 2. The Hall–Kier alpha value is -4.14. The summed E-state index contributed by atoms with van der Waals surface area (Å²) in [6, 6.07) is 15.6. The molecule has 0 aliphatic carbocycles. The SMILES string of the molecule is Cc1ccc(C2=C(Nc3ccc(OC(F)(F)F)cc3)C(=O)N(Cc3ccccn3)C2=O)cc1C. The molecule has 0 fully saturated rings. The van der Waals surface area contributed by atoms with Gasteiger partial charge in [-0.1, -0.05) is 24.3 Å². The van der Waals surface area contributed by atoms with E-state index >= 15 is 0 Å². The quantitative estimate of drug-likeness (QED) is 0.518. The van der Waals surface area contributed by atoms with E-state index in [2.05, 4.69) is 15.0 Å². The number of ether oxygens (including phenoxy) is 1. The molecule has 2 amide bonds. The number of hydrogen-bond acceptors (Lipinski definition) is 5. The lowest BCUT2D eigenvalue weighted by molar-refractivity contribution is -0.274. The molecule has 4 rings (SSSR count). The van der Waals surface area contributed by atoms with E-state index in [1.807, 2.05) is 26.0 Å². The summed E-state index contributed by atoms with van der Waals surface area (Å²) in [4.78, 5) is 31.9. The second-order valence-corrected chi connectivity index (χ2v) is 7.76. The van der Waals surface area contributed by atoms with E-state index in [1.165, 1.54) is 12.1 Å². The van der Waals surface area contributed by atoms with Crippen molar-refractivity contribution in [2.24, 2.45) is 0 Å². The maximum atomic E-state index is 13.4. The first kappa shape index (κ1) is 23.0. The Kier molecular flexibility index (Phi) is 6.10. The lowest BCUT2D eigenvalue weighted by Gasteiger charge is -2.15. The number of benzene rings is 2. The van der Waals surface area contributed by atoms with Crippen LogP contribution in [0.3, 0.4) is 0 Å². The molecule has 0 saturated carbocycles. The first-order chi connectivity index (χ1) is 16.1. The topological polar surface area (TPSA) is 71.5 Å². The summed E-state index contributed by atoms with van der Waals surface area (Å²) in [5, 5.41) is 2.92. The summed E-state index contributed by atoms with van der Waals surface area (Å²) in [7, 11) is 0. The number of carbonyl (C=O) groups excluding carboxylic acids is 2. The number of carbonyl (C=O) groups is 2. The van der Waals surface area contributed by atoms with Crippen LogP contribution in [0.5, 0.6) is 5.75 Å². The molecule has 174 valence electrons. The molecule has 6 nitrogen and oxygen atoms in total. The van der Waals surface area contributed by atoms with E-state index < -0.39 is 23.9 Å². The van der Waals surface area contributed by atoms with Crippen LogP contribution in [0.15, 0.2) is 72.6 Å². The van der Waals surface area contributed by atoms with Gasteiger partial charge in [-0.15, -0.1) is 13.2 Å². The van der Waals surface area contributed by atoms with Gasteiger partial charge in [-0.05, 0) is 66.9 Å². The van der Waals surface area contributed by atoms with Crippen molar-refractivity contribution in [3.8, 4) is 5.75 Å². The van der Waals surface area contributed by atoms with Crippen molar-refractivity contribution < 1.29 is 27.5 Å². The van der Waals surface area contributed by atoms with Gasteiger partial charge in [0, 0.05) is 11.9 Å². The predicted molar refractivity (Wildman–Crippen MR) is 119 cm³/mol. The summed E-state index contributed by atoms with van der Waals surface area (Å²) in [6.45, 7) is 3.82. The van der Waals surface area contributed by atoms with Crippen molar-refractivity contribution in [3.05, 3.63) is 94.9 Å². The van der Waals surface area contributed by atoms with Gasteiger partial charge in [0.1, 0.15) is 11.4 Å². The van der Waals surface area contributed by atoms with Gasteiger partial charge in [0.15, 0.2) is 0 Å². The van der Waals surface area contributed by atoms with Gasteiger partial charge >= 0.3 is 6.36 Å². The van der Waals surface area contributed by atoms with E-state index in [0.29, 0.717) is 16.9 Å². The fourth-order valence-electron chi connectivity index (χ4n) is 3.54. The first-order valence-electron chi connectivity index (χ1n) is 10.3. The maximum absolute atomic E-state index is 13.4. The van der Waals surface area contributed by atoms with Gasteiger partial charge in [0.25, 0.3) is 11.8 Å². The molecular weight excluding hydrogens is 447 g/mol. The van der Waals surface area contributed by atoms with Gasteiger partial charge in [-0.2, -0.15) is 0 Å². The Bertz CT molecular complexity index is 1270. The minimum Gasteiger partial charge on any atom is -0.406 e. The predicted octanol–water partition coefficient (Wildman–Crippen LogP) is 4.99. The average Bonchev–Trinajstić information content (AvgIpc) is 3.01. The van der Waals surface area contributed by atoms with Crippen LogP contribution >= 0.6 is 0 Å². The molecule has 1 aliphatic heterocycles. The lowest BCUT2D eigenvalue weighted by atomic mass is 9.99. The van der Waals surface area contributed by atoms with E-state index in [4.69, 9.17) is 0 Å². The Morgan fingerprint density at radius 1 is 0.941 bits per heavy atom. The number of aryl methyl sites for hydroxylation is 2. The van der Waals surface area contributed by atoms with Crippen LogP contribution in [0.4, 0.5) is 18.9 Å². The summed E-state index contributed by atoms with van der Waals surface area (Å²) in [6.07, 6.45) is -3.24. The highest BCUT2D eigenvalue weighted by Crippen LogP contribution is 2.33. The van der Waals surface area contributed by atoms with Crippen LogP contribution in [0.1, 0.15) is 22.4 Å². The Morgan fingerprint density at radius 3 is 2.29 bits per heavy atom. The largest absolute Gasteiger partial charge is 0.573 e. The second kappa shape index (κ2) is 9.01. The molecule has 9 heteroatoms. The fraction of sp³-hybridized carbons (Fsp3) is 0.160. The molecule has 1 aromatic heterocycles. The number of hydrogen-bond donors (Lipinski definition) is 1. The van der Waals surface area contributed by atoms with E-state index in [1.54, 1.807) is 30.5 Å². The molecule has 1 aliphatic rings. The number of rotatable bonds is 6. The van der Waals surface area contributed by atoms with E-state index in [9.17, 15) is 22.8 Å². The van der Waals surface area contributed by atoms with E-state index in [0.717, 1.165) is 28.2 Å². The zero-order chi connectivity index (χ0) is 24.5. The number of anilines is 1. The van der Waals surface area contributed by atoms with Crippen LogP contribution in [-0.4, -0.2) is 28.1 Å². The molecule has 0 atom stereocenters. The van der Waals surface area contributed by atoms with Gasteiger partial charge in [-0.25, -0.2) is 0 Å². The molecule has 2 heterocycles. The summed E-state index contributed by atoms with van der Waals surface area (Å²) in [5.41, 5.74) is 3.62. The summed E-state index contributed by atoms with van der Waals surface area (Å²) < 4.78 is 41.2.